The molecule has 0 heterocycles. The molecule has 0 spiro atoms. The van der Waals surface area contributed by atoms with E-state index in [2.05, 4.69) is 0 Å². The van der Waals surface area contributed by atoms with Gasteiger partial charge in [-0.05, 0) is 24.3 Å². The van der Waals surface area contributed by atoms with Crippen LogP contribution in [0.3, 0.4) is 0 Å². The monoisotopic (exact) mass is 155 g/mol. The lowest BCUT2D eigenvalue weighted by atomic mass is 10.3. The molecular weight excluding hydrogens is 146 g/mol. The van der Waals surface area contributed by atoms with Crippen LogP contribution < -0.4 is 0 Å². The van der Waals surface area contributed by atoms with Crippen molar-refractivity contribution in [3.05, 3.63) is 12.2 Å². The molecule has 10 heavy (non-hydrogen) atoms. The highest BCUT2D eigenvalue weighted by molar-refractivity contribution is 8.04. The van der Waals surface area contributed by atoms with Crippen molar-refractivity contribution < 1.29 is 4.79 Å². The van der Waals surface area contributed by atoms with Crippen molar-refractivity contribution in [2.24, 2.45) is 0 Å². The Kier molecular flexibility index (Phi) is 5.89. The zero-order chi connectivity index (χ0) is 7.82. The second kappa shape index (κ2) is 6.37. The zero-order valence-electron chi connectivity index (χ0n) is 5.83. The lowest BCUT2D eigenvalue weighted by Crippen LogP contribution is -1.94. The maximum absolute atomic E-state index is 10.7. The zero-order valence-corrected chi connectivity index (χ0v) is 6.65. The number of thioether (sulfide) groups is 1. The number of hydrogen-bond acceptors (Lipinski definition) is 3. The Morgan fingerprint density at radius 2 is 2.50 bits per heavy atom. The van der Waals surface area contributed by atoms with Gasteiger partial charge in [0.05, 0.1) is 5.75 Å². The summed E-state index contributed by atoms with van der Waals surface area (Å²) in [7, 11) is 0. The molecule has 0 aromatic carbocycles. The lowest BCUT2D eigenvalue weighted by molar-refractivity contribution is -0.112. The van der Waals surface area contributed by atoms with Crippen molar-refractivity contribution in [2.75, 3.05) is 5.75 Å². The summed E-state index contributed by atoms with van der Waals surface area (Å²) in [6.07, 6.45) is 4.17. The van der Waals surface area contributed by atoms with E-state index in [9.17, 15) is 4.79 Å². The number of ketones is 1. The van der Waals surface area contributed by atoms with Gasteiger partial charge in [0.2, 0.25) is 0 Å². The van der Waals surface area contributed by atoms with Crippen LogP contribution in [0.15, 0.2) is 12.2 Å². The van der Waals surface area contributed by atoms with Gasteiger partial charge in [0, 0.05) is 0 Å². The molecule has 0 rings (SSSR count). The molecular formula is C7H9NOS. The SMILES string of the molecule is CC/C=C/C(=O)CSC#N. The lowest BCUT2D eigenvalue weighted by Gasteiger charge is -1.84. The molecule has 0 aromatic rings. The van der Waals surface area contributed by atoms with Gasteiger partial charge < -0.3 is 0 Å². The number of hydrogen-bond donors (Lipinski definition) is 0. The first-order chi connectivity index (χ1) is 4.81. The van der Waals surface area contributed by atoms with E-state index in [4.69, 9.17) is 5.26 Å². The normalized spacial score (nSPS) is 9.60. The third-order valence-corrected chi connectivity index (χ3v) is 1.38. The van der Waals surface area contributed by atoms with Gasteiger partial charge >= 0.3 is 0 Å². The van der Waals surface area contributed by atoms with Crippen LogP contribution in [0.4, 0.5) is 0 Å². The number of allylic oxidation sites excluding steroid dienone is 2. The van der Waals surface area contributed by atoms with Crippen molar-refractivity contribution in [1.29, 1.82) is 5.26 Å². The first kappa shape index (κ1) is 9.25. The van der Waals surface area contributed by atoms with E-state index in [1.807, 2.05) is 12.3 Å². The topological polar surface area (TPSA) is 40.9 Å². The highest BCUT2D eigenvalue weighted by Gasteiger charge is 1.93. The second-order valence-corrected chi connectivity index (χ2v) is 2.42. The van der Waals surface area contributed by atoms with Gasteiger partial charge in [-0.15, -0.1) is 0 Å². The smallest absolute Gasteiger partial charge is 0.166 e. The Bertz CT molecular complexity index is 169. The van der Waals surface area contributed by atoms with Crippen LogP contribution in [0.5, 0.6) is 0 Å². The number of thiocyanates is 1. The summed E-state index contributed by atoms with van der Waals surface area (Å²) in [5.74, 6) is 0.279. The van der Waals surface area contributed by atoms with Crippen molar-refractivity contribution >= 4 is 17.5 Å². The molecule has 0 bridgehead atoms. The van der Waals surface area contributed by atoms with E-state index >= 15 is 0 Å². The van der Waals surface area contributed by atoms with E-state index in [1.165, 1.54) is 6.08 Å². The average molecular weight is 155 g/mol. The molecule has 3 heteroatoms. The van der Waals surface area contributed by atoms with Crippen LogP contribution in [0.1, 0.15) is 13.3 Å². The number of rotatable bonds is 4. The molecule has 0 atom stereocenters. The van der Waals surface area contributed by atoms with E-state index in [0.29, 0.717) is 0 Å². The Labute approximate surface area is 64.9 Å². The molecule has 0 amide bonds. The van der Waals surface area contributed by atoms with Crippen molar-refractivity contribution in [1.82, 2.24) is 0 Å². The Morgan fingerprint density at radius 1 is 1.80 bits per heavy atom. The highest BCUT2D eigenvalue weighted by Crippen LogP contribution is 1.96. The Morgan fingerprint density at radius 3 is 3.00 bits per heavy atom. The maximum Gasteiger partial charge on any atom is 0.166 e. The van der Waals surface area contributed by atoms with Gasteiger partial charge in [0.25, 0.3) is 0 Å². The summed E-state index contributed by atoms with van der Waals surface area (Å²) < 4.78 is 0. The summed E-state index contributed by atoms with van der Waals surface area (Å²) in [6.45, 7) is 1.96. The second-order valence-electron chi connectivity index (χ2n) is 1.66. The molecule has 0 radical (unpaired) electrons. The fraction of sp³-hybridized carbons (Fsp3) is 0.429. The molecule has 0 saturated heterocycles. The van der Waals surface area contributed by atoms with Crippen LogP contribution >= 0.6 is 11.8 Å². The van der Waals surface area contributed by atoms with Crippen molar-refractivity contribution in [3.63, 3.8) is 0 Å². The van der Waals surface area contributed by atoms with Gasteiger partial charge in [-0.25, -0.2) is 0 Å². The van der Waals surface area contributed by atoms with Crippen LogP contribution in [-0.2, 0) is 4.79 Å². The molecule has 0 N–H and O–H groups in total. The van der Waals surface area contributed by atoms with Crippen LogP contribution in [0, 0.1) is 10.7 Å². The van der Waals surface area contributed by atoms with Gasteiger partial charge in [0.15, 0.2) is 5.78 Å². The molecule has 0 aliphatic rings. The van der Waals surface area contributed by atoms with E-state index in [1.54, 1.807) is 6.08 Å². The molecule has 0 unspecified atom stereocenters. The fourth-order valence-electron chi connectivity index (χ4n) is 0.401. The number of carbonyl (C=O) groups excluding carboxylic acids is 1. The first-order valence-corrected chi connectivity index (χ1v) is 4.00. The largest absolute Gasteiger partial charge is 0.294 e. The Balaban J connectivity index is 3.46. The predicted molar refractivity (Wildman–Crippen MR) is 42.5 cm³/mol. The van der Waals surface area contributed by atoms with Crippen LogP contribution in [0.2, 0.25) is 0 Å². The van der Waals surface area contributed by atoms with Crippen LogP contribution in [0.25, 0.3) is 0 Å². The van der Waals surface area contributed by atoms with Gasteiger partial charge in [0.1, 0.15) is 5.40 Å². The van der Waals surface area contributed by atoms with Crippen LogP contribution in [-0.4, -0.2) is 11.5 Å². The minimum atomic E-state index is 0.00778. The van der Waals surface area contributed by atoms with Crippen molar-refractivity contribution in [2.45, 2.75) is 13.3 Å². The van der Waals surface area contributed by atoms with E-state index in [-0.39, 0.29) is 11.5 Å². The van der Waals surface area contributed by atoms with Crippen molar-refractivity contribution in [3.8, 4) is 5.40 Å². The van der Waals surface area contributed by atoms with Gasteiger partial charge in [-0.1, -0.05) is 13.0 Å². The number of carbonyl (C=O) groups is 1. The summed E-state index contributed by atoms with van der Waals surface area (Å²) in [6, 6.07) is 0. The minimum Gasteiger partial charge on any atom is -0.294 e. The Hall–Kier alpha value is -0.750. The summed E-state index contributed by atoms with van der Waals surface area (Å²) >= 11 is 0.971. The first-order valence-electron chi connectivity index (χ1n) is 3.01. The quantitative estimate of drug-likeness (QED) is 0.458. The summed E-state index contributed by atoms with van der Waals surface area (Å²) in [5, 5.41) is 9.91. The third-order valence-electron chi connectivity index (χ3n) is 0.818. The minimum absolute atomic E-state index is 0.00778. The molecule has 0 aliphatic carbocycles. The summed E-state index contributed by atoms with van der Waals surface area (Å²) in [4.78, 5) is 10.7. The number of nitrogens with zero attached hydrogens (tertiary/aromatic N) is 1. The molecule has 2 nitrogen and oxygen atoms in total. The van der Waals surface area contributed by atoms with Gasteiger partial charge in [-0.2, -0.15) is 5.26 Å². The molecule has 0 aliphatic heterocycles. The van der Waals surface area contributed by atoms with E-state index in [0.717, 1.165) is 18.2 Å². The standard InChI is InChI=1S/C7H9NOS/c1-2-3-4-7(9)5-10-6-8/h3-4H,2,5H2,1H3/b4-3+. The fourth-order valence-corrected chi connectivity index (χ4v) is 0.704. The van der Waals surface area contributed by atoms with Gasteiger partial charge in [-0.3, -0.25) is 4.79 Å². The molecule has 0 fully saturated rings. The molecule has 0 saturated carbocycles. The summed E-state index contributed by atoms with van der Waals surface area (Å²) in [5.41, 5.74) is 0. The average Bonchev–Trinajstić information content (AvgIpc) is 1.97. The molecule has 54 valence electrons. The third kappa shape index (κ3) is 5.39. The predicted octanol–water partition coefficient (Wildman–Crippen LogP) is 1.74. The highest BCUT2D eigenvalue weighted by atomic mass is 32.2. The van der Waals surface area contributed by atoms with E-state index < -0.39 is 0 Å². The molecule has 0 aromatic heterocycles. The maximum atomic E-state index is 10.7. The number of nitriles is 1.